The molecular weight excluding hydrogens is 248 g/mol. The topological polar surface area (TPSA) is 85.4 Å². The summed E-state index contributed by atoms with van der Waals surface area (Å²) in [4.78, 5) is 10.2. The summed E-state index contributed by atoms with van der Waals surface area (Å²) in [7, 11) is 1.62. The van der Waals surface area contributed by atoms with E-state index in [0.29, 0.717) is 18.8 Å². The molecule has 0 fully saturated rings. The first-order chi connectivity index (χ1) is 8.89. The summed E-state index contributed by atoms with van der Waals surface area (Å²) >= 11 is 0. The summed E-state index contributed by atoms with van der Waals surface area (Å²) < 4.78 is 10.7. The molecule has 1 rings (SSSR count). The molecule has 0 aromatic heterocycles. The van der Waals surface area contributed by atoms with Crippen LogP contribution in [0.15, 0.2) is 18.2 Å². The Labute approximate surface area is 111 Å². The van der Waals surface area contributed by atoms with Crippen LogP contribution in [0.5, 0.6) is 5.75 Å². The van der Waals surface area contributed by atoms with Crippen LogP contribution in [-0.4, -0.2) is 24.2 Å². The van der Waals surface area contributed by atoms with E-state index in [9.17, 15) is 10.1 Å². The van der Waals surface area contributed by atoms with Crippen molar-refractivity contribution in [3.63, 3.8) is 0 Å². The Bertz CT molecular complexity index is 506. The minimum absolute atomic E-state index is 0.0228. The molecule has 0 spiro atoms. The van der Waals surface area contributed by atoms with Gasteiger partial charge in [-0.15, -0.1) is 0 Å². The average Bonchev–Trinajstić information content (AvgIpc) is 2.38. The predicted molar refractivity (Wildman–Crippen MR) is 69.0 cm³/mol. The Balaban J connectivity index is 2.73. The minimum atomic E-state index is -0.593. The molecule has 102 valence electrons. The molecule has 0 aliphatic rings. The van der Waals surface area contributed by atoms with Crippen LogP contribution in [0, 0.1) is 21.4 Å². The number of nitrogens with zero attached hydrogens (tertiary/aromatic N) is 2. The zero-order valence-electron chi connectivity index (χ0n) is 11.2. The monoisotopic (exact) mass is 264 g/mol. The van der Waals surface area contributed by atoms with Crippen LogP contribution in [0.4, 0.5) is 5.69 Å². The molecule has 19 heavy (non-hydrogen) atoms. The summed E-state index contributed by atoms with van der Waals surface area (Å²) in [6, 6.07) is 5.97. The predicted octanol–water partition coefficient (Wildman–Crippen LogP) is 2.66. The molecule has 0 unspecified atom stereocenters. The second-order valence-electron chi connectivity index (χ2n) is 4.61. The maximum Gasteiger partial charge on any atom is 0.290 e. The highest BCUT2D eigenvalue weighted by Crippen LogP contribution is 2.24. The maximum absolute atomic E-state index is 10.8. The van der Waals surface area contributed by atoms with Crippen molar-refractivity contribution in [1.29, 1.82) is 5.26 Å². The molecular formula is C13H16N2O4. The van der Waals surface area contributed by atoms with Gasteiger partial charge in [0.2, 0.25) is 0 Å². The first-order valence-electron chi connectivity index (χ1n) is 5.76. The normalized spacial score (nSPS) is 10.8. The van der Waals surface area contributed by atoms with E-state index in [2.05, 4.69) is 0 Å². The Morgan fingerprint density at radius 2 is 2.16 bits per heavy atom. The zero-order valence-corrected chi connectivity index (χ0v) is 11.2. The number of nitro groups is 1. The number of hydrogen-bond donors (Lipinski definition) is 0. The van der Waals surface area contributed by atoms with Gasteiger partial charge in [0.05, 0.1) is 23.2 Å². The van der Waals surface area contributed by atoms with E-state index in [1.165, 1.54) is 12.1 Å². The fourth-order valence-electron chi connectivity index (χ4n) is 1.36. The van der Waals surface area contributed by atoms with Gasteiger partial charge in [0, 0.05) is 13.5 Å². The van der Waals surface area contributed by atoms with Gasteiger partial charge in [0.1, 0.15) is 17.4 Å². The average molecular weight is 264 g/mol. The van der Waals surface area contributed by atoms with Gasteiger partial charge in [-0.3, -0.25) is 10.1 Å². The van der Waals surface area contributed by atoms with Crippen LogP contribution in [0.25, 0.3) is 0 Å². The van der Waals surface area contributed by atoms with Gasteiger partial charge in [-0.25, -0.2) is 0 Å². The van der Waals surface area contributed by atoms with Crippen molar-refractivity contribution in [1.82, 2.24) is 0 Å². The molecule has 0 radical (unpaired) electrons. The van der Waals surface area contributed by atoms with E-state index in [-0.39, 0.29) is 16.9 Å². The highest BCUT2D eigenvalue weighted by molar-refractivity contribution is 5.52. The van der Waals surface area contributed by atoms with Crippen molar-refractivity contribution in [2.75, 3.05) is 13.7 Å². The molecule has 1 aromatic rings. The quantitative estimate of drug-likeness (QED) is 0.582. The molecule has 0 aliphatic heterocycles. The number of rotatable bonds is 6. The summed E-state index contributed by atoms with van der Waals surface area (Å²) in [5, 5.41) is 19.6. The third kappa shape index (κ3) is 4.23. The molecule has 0 N–H and O–H groups in total. The van der Waals surface area contributed by atoms with Crippen LogP contribution in [0.3, 0.4) is 0 Å². The highest BCUT2D eigenvalue weighted by atomic mass is 16.6. The van der Waals surface area contributed by atoms with Gasteiger partial charge in [-0.1, -0.05) is 0 Å². The van der Waals surface area contributed by atoms with E-state index in [0.717, 1.165) is 0 Å². The largest absolute Gasteiger partial charge is 0.493 e. The van der Waals surface area contributed by atoms with Crippen molar-refractivity contribution >= 4 is 5.69 Å². The summed E-state index contributed by atoms with van der Waals surface area (Å²) in [5.74, 6) is 0.373. The van der Waals surface area contributed by atoms with E-state index in [1.54, 1.807) is 19.2 Å². The third-order valence-electron chi connectivity index (χ3n) is 2.81. The van der Waals surface area contributed by atoms with Crippen LogP contribution in [0.1, 0.15) is 25.8 Å². The number of methoxy groups -OCH3 is 1. The lowest BCUT2D eigenvalue weighted by Gasteiger charge is -2.22. The van der Waals surface area contributed by atoms with Crippen LogP contribution < -0.4 is 4.74 Å². The number of nitriles is 1. The van der Waals surface area contributed by atoms with E-state index < -0.39 is 4.92 Å². The smallest absolute Gasteiger partial charge is 0.290 e. The highest BCUT2D eigenvalue weighted by Gasteiger charge is 2.17. The molecule has 0 bridgehead atoms. The minimum Gasteiger partial charge on any atom is -0.493 e. The van der Waals surface area contributed by atoms with Crippen molar-refractivity contribution in [2.24, 2.45) is 0 Å². The second kappa shape index (κ2) is 6.16. The SMILES string of the molecule is COC(C)(C)CCOc1ccc(C#N)c([N+](=O)[O-])c1. The van der Waals surface area contributed by atoms with E-state index in [4.69, 9.17) is 14.7 Å². The van der Waals surface area contributed by atoms with Gasteiger partial charge in [0.25, 0.3) is 5.69 Å². The fourth-order valence-corrected chi connectivity index (χ4v) is 1.36. The third-order valence-corrected chi connectivity index (χ3v) is 2.81. The Morgan fingerprint density at radius 1 is 1.47 bits per heavy atom. The lowest BCUT2D eigenvalue weighted by Crippen LogP contribution is -2.25. The number of ether oxygens (including phenoxy) is 2. The first-order valence-corrected chi connectivity index (χ1v) is 5.76. The summed E-state index contributed by atoms with van der Waals surface area (Å²) in [6.45, 7) is 4.24. The summed E-state index contributed by atoms with van der Waals surface area (Å²) in [6.07, 6.45) is 0.650. The molecule has 0 saturated heterocycles. The molecule has 6 nitrogen and oxygen atoms in total. The number of benzene rings is 1. The van der Waals surface area contributed by atoms with Crippen molar-refractivity contribution in [3.8, 4) is 11.8 Å². The lowest BCUT2D eigenvalue weighted by molar-refractivity contribution is -0.385. The molecule has 0 heterocycles. The van der Waals surface area contributed by atoms with Gasteiger partial charge < -0.3 is 9.47 Å². The van der Waals surface area contributed by atoms with Crippen LogP contribution in [-0.2, 0) is 4.74 Å². The number of nitro benzene ring substituents is 1. The van der Waals surface area contributed by atoms with Crippen molar-refractivity contribution < 1.29 is 14.4 Å². The Morgan fingerprint density at radius 3 is 2.68 bits per heavy atom. The van der Waals surface area contributed by atoms with Gasteiger partial charge in [-0.05, 0) is 26.0 Å². The Hall–Kier alpha value is -2.13. The lowest BCUT2D eigenvalue weighted by atomic mass is 10.1. The van der Waals surface area contributed by atoms with Crippen LogP contribution in [0.2, 0.25) is 0 Å². The maximum atomic E-state index is 10.8. The van der Waals surface area contributed by atoms with Gasteiger partial charge in [-0.2, -0.15) is 5.26 Å². The van der Waals surface area contributed by atoms with Gasteiger partial charge >= 0.3 is 0 Å². The number of hydrogen-bond acceptors (Lipinski definition) is 5. The fraction of sp³-hybridized carbons (Fsp3) is 0.462. The standard InChI is InChI=1S/C13H16N2O4/c1-13(2,18-3)6-7-19-11-5-4-10(9-14)12(8-11)15(16)17/h4-5,8H,6-7H2,1-3H3. The Kier molecular flexibility index (Phi) is 4.84. The summed E-state index contributed by atoms with van der Waals surface area (Å²) in [5.41, 5.74) is -0.529. The second-order valence-corrected chi connectivity index (χ2v) is 4.61. The van der Waals surface area contributed by atoms with Crippen molar-refractivity contribution in [2.45, 2.75) is 25.9 Å². The molecule has 6 heteroatoms. The van der Waals surface area contributed by atoms with Gasteiger partial charge in [0.15, 0.2) is 0 Å². The van der Waals surface area contributed by atoms with Crippen LogP contribution >= 0.6 is 0 Å². The first kappa shape index (κ1) is 14.9. The van der Waals surface area contributed by atoms with E-state index in [1.807, 2.05) is 13.8 Å². The molecule has 1 aromatic carbocycles. The molecule has 0 saturated carbocycles. The van der Waals surface area contributed by atoms with E-state index >= 15 is 0 Å². The molecule has 0 aliphatic carbocycles. The zero-order chi connectivity index (χ0) is 14.5. The molecule has 0 amide bonds. The van der Waals surface area contributed by atoms with Crippen molar-refractivity contribution in [3.05, 3.63) is 33.9 Å². The molecule has 0 atom stereocenters.